The number of hydrogen-bond donors (Lipinski definition) is 1. The van der Waals surface area contributed by atoms with Gasteiger partial charge in [-0.15, -0.1) is 11.3 Å². The zero-order valence-corrected chi connectivity index (χ0v) is 11.1. The van der Waals surface area contributed by atoms with Crippen molar-refractivity contribution in [3.63, 3.8) is 0 Å². The zero-order chi connectivity index (χ0) is 13.3. The van der Waals surface area contributed by atoms with Crippen LogP contribution in [0.1, 0.15) is 32.6 Å². The van der Waals surface area contributed by atoms with Crippen LogP contribution in [0.5, 0.6) is 0 Å². The lowest BCUT2D eigenvalue weighted by Crippen LogP contribution is -2.04. The van der Waals surface area contributed by atoms with Crippen LogP contribution in [0.3, 0.4) is 0 Å². The number of esters is 1. The fourth-order valence-electron chi connectivity index (χ4n) is 1.74. The highest BCUT2D eigenvalue weighted by Crippen LogP contribution is 2.31. The van der Waals surface area contributed by atoms with Crippen LogP contribution in [0.25, 0.3) is 11.3 Å². The molecule has 2 aromatic rings. The number of nitrogens with one attached hydrogen (secondary N) is 1. The fraction of sp³-hybridized carbons (Fsp3) is 0.250. The molecule has 0 saturated heterocycles. The lowest BCUT2D eigenvalue weighted by Gasteiger charge is -2.02. The lowest BCUT2D eigenvalue weighted by atomic mass is 10.1. The molecule has 0 bridgehead atoms. The third-order valence-corrected chi connectivity index (χ3v) is 3.59. The number of ketones is 1. The molecule has 0 spiro atoms. The van der Waals surface area contributed by atoms with E-state index in [0.717, 1.165) is 0 Å². The molecule has 0 atom stereocenters. The third-order valence-electron chi connectivity index (χ3n) is 2.58. The van der Waals surface area contributed by atoms with Crippen molar-refractivity contribution in [1.29, 1.82) is 0 Å². The number of aryl methyl sites for hydroxylation is 1. The minimum atomic E-state index is -0.461. The molecule has 2 rings (SSSR count). The van der Waals surface area contributed by atoms with Crippen LogP contribution in [0.4, 0.5) is 0 Å². The predicted molar refractivity (Wildman–Crippen MR) is 68.0 cm³/mol. The number of Topliss-reactive ketones (excluding diaryl/α,β-unsaturated/α-hetero) is 1. The average Bonchev–Trinajstić information content (AvgIpc) is 2.93. The molecule has 0 saturated carbocycles. The molecule has 0 unspecified atom stereocenters. The van der Waals surface area contributed by atoms with Gasteiger partial charge in [-0.25, -0.2) is 4.79 Å². The van der Waals surface area contributed by atoms with E-state index in [4.69, 9.17) is 4.74 Å². The summed E-state index contributed by atoms with van der Waals surface area (Å²) in [5.74, 6) is -0.506. The molecule has 0 aliphatic rings. The Bertz CT molecular complexity index is 613. The van der Waals surface area contributed by atoms with E-state index in [1.54, 1.807) is 18.4 Å². The van der Waals surface area contributed by atoms with Crippen molar-refractivity contribution in [3.05, 3.63) is 27.6 Å². The van der Waals surface area contributed by atoms with Crippen LogP contribution in [-0.4, -0.2) is 29.1 Å². The first-order chi connectivity index (χ1) is 8.56. The Balaban J connectivity index is 2.61. The topological polar surface area (TPSA) is 72.1 Å². The van der Waals surface area contributed by atoms with E-state index in [1.807, 2.05) is 0 Å². The minimum absolute atomic E-state index is 0.0449. The maximum Gasteiger partial charge on any atom is 0.341 e. The zero-order valence-electron chi connectivity index (χ0n) is 10.2. The molecule has 5 nitrogen and oxygen atoms in total. The number of aromatic amines is 1. The second-order valence-electron chi connectivity index (χ2n) is 3.78. The standard InChI is InChI=1S/C12H12N2O3S/c1-6-9(12(16)17-3)10(14-13-6)8-4-5-18-11(8)7(2)15/h4-5H,1-3H3,(H,13,14). The number of methoxy groups -OCH3 is 1. The summed E-state index contributed by atoms with van der Waals surface area (Å²) in [6.45, 7) is 3.23. The van der Waals surface area contributed by atoms with Crippen LogP contribution in [-0.2, 0) is 4.74 Å². The second-order valence-corrected chi connectivity index (χ2v) is 4.70. The number of nitrogens with zero attached hydrogens (tertiary/aromatic N) is 1. The van der Waals surface area contributed by atoms with Gasteiger partial charge in [0.05, 0.1) is 12.0 Å². The summed E-state index contributed by atoms with van der Waals surface area (Å²) in [6.07, 6.45) is 0. The van der Waals surface area contributed by atoms with Crippen molar-refractivity contribution in [2.75, 3.05) is 7.11 Å². The quantitative estimate of drug-likeness (QED) is 0.682. The molecule has 0 radical (unpaired) electrons. The van der Waals surface area contributed by atoms with E-state index in [9.17, 15) is 9.59 Å². The van der Waals surface area contributed by atoms with Gasteiger partial charge in [0.15, 0.2) is 5.78 Å². The molecular weight excluding hydrogens is 252 g/mol. The normalized spacial score (nSPS) is 10.4. The first-order valence-electron chi connectivity index (χ1n) is 5.28. The van der Waals surface area contributed by atoms with Crippen molar-refractivity contribution >= 4 is 23.1 Å². The van der Waals surface area contributed by atoms with Crippen molar-refractivity contribution in [2.24, 2.45) is 0 Å². The van der Waals surface area contributed by atoms with E-state index in [0.29, 0.717) is 27.4 Å². The van der Waals surface area contributed by atoms with Crippen molar-refractivity contribution < 1.29 is 14.3 Å². The van der Waals surface area contributed by atoms with E-state index < -0.39 is 5.97 Å². The van der Waals surface area contributed by atoms with Gasteiger partial charge in [0.2, 0.25) is 0 Å². The summed E-state index contributed by atoms with van der Waals surface area (Å²) >= 11 is 1.33. The molecule has 94 valence electrons. The summed E-state index contributed by atoms with van der Waals surface area (Å²) < 4.78 is 4.73. The predicted octanol–water partition coefficient (Wildman–Crippen LogP) is 2.44. The molecule has 0 aromatic carbocycles. The summed E-state index contributed by atoms with van der Waals surface area (Å²) in [7, 11) is 1.32. The van der Waals surface area contributed by atoms with Gasteiger partial charge in [0.25, 0.3) is 0 Å². The lowest BCUT2D eigenvalue weighted by molar-refractivity contribution is 0.0600. The fourth-order valence-corrected chi connectivity index (χ4v) is 2.54. The third kappa shape index (κ3) is 1.95. The van der Waals surface area contributed by atoms with Crippen LogP contribution < -0.4 is 0 Å². The molecule has 0 aliphatic heterocycles. The maximum atomic E-state index is 11.7. The van der Waals surface area contributed by atoms with E-state index in [-0.39, 0.29) is 5.78 Å². The minimum Gasteiger partial charge on any atom is -0.465 e. The van der Waals surface area contributed by atoms with Gasteiger partial charge in [-0.1, -0.05) is 0 Å². The number of thiophene rings is 1. The van der Waals surface area contributed by atoms with Gasteiger partial charge >= 0.3 is 5.97 Å². The van der Waals surface area contributed by atoms with Crippen molar-refractivity contribution in [1.82, 2.24) is 10.2 Å². The highest BCUT2D eigenvalue weighted by molar-refractivity contribution is 7.12. The number of rotatable bonds is 3. The summed E-state index contributed by atoms with van der Waals surface area (Å²) in [5.41, 5.74) is 2.12. The Morgan fingerprint density at radius 2 is 2.17 bits per heavy atom. The van der Waals surface area contributed by atoms with Gasteiger partial charge in [-0.3, -0.25) is 9.89 Å². The average molecular weight is 264 g/mol. The molecule has 0 aliphatic carbocycles. The Labute approximate surface area is 108 Å². The number of H-pyrrole nitrogens is 1. The summed E-state index contributed by atoms with van der Waals surface area (Å²) in [5, 5.41) is 8.65. The van der Waals surface area contributed by atoms with Gasteiger partial charge in [0.1, 0.15) is 11.3 Å². The van der Waals surface area contributed by atoms with Gasteiger partial charge in [-0.2, -0.15) is 5.10 Å². The monoisotopic (exact) mass is 264 g/mol. The Hall–Kier alpha value is -1.95. The summed E-state index contributed by atoms with van der Waals surface area (Å²) in [6, 6.07) is 1.78. The molecule has 18 heavy (non-hydrogen) atoms. The number of carbonyl (C=O) groups excluding carboxylic acids is 2. The van der Waals surface area contributed by atoms with Gasteiger partial charge in [0, 0.05) is 11.3 Å². The van der Waals surface area contributed by atoms with Crippen LogP contribution in [0.15, 0.2) is 11.4 Å². The largest absolute Gasteiger partial charge is 0.465 e. The van der Waals surface area contributed by atoms with Gasteiger partial charge in [-0.05, 0) is 25.3 Å². The number of carbonyl (C=O) groups is 2. The summed E-state index contributed by atoms with van der Waals surface area (Å²) in [4.78, 5) is 23.8. The first kappa shape index (κ1) is 12.5. The second kappa shape index (κ2) is 4.73. The molecule has 2 heterocycles. The highest BCUT2D eigenvalue weighted by Gasteiger charge is 2.23. The molecule has 0 fully saturated rings. The molecule has 2 aromatic heterocycles. The smallest absolute Gasteiger partial charge is 0.341 e. The number of aromatic nitrogens is 2. The van der Waals surface area contributed by atoms with Crippen LogP contribution in [0, 0.1) is 6.92 Å². The van der Waals surface area contributed by atoms with Crippen molar-refractivity contribution in [3.8, 4) is 11.3 Å². The Morgan fingerprint density at radius 1 is 1.44 bits per heavy atom. The van der Waals surface area contributed by atoms with Gasteiger partial charge < -0.3 is 4.74 Å². The van der Waals surface area contributed by atoms with Crippen LogP contribution >= 0.6 is 11.3 Å². The molecular formula is C12H12N2O3S. The molecule has 1 N–H and O–H groups in total. The SMILES string of the molecule is COC(=O)c1c(-c2ccsc2C(C)=O)n[nH]c1C. The number of ether oxygens (including phenoxy) is 1. The highest BCUT2D eigenvalue weighted by atomic mass is 32.1. The molecule has 6 heteroatoms. The number of hydrogen-bond acceptors (Lipinski definition) is 5. The van der Waals surface area contributed by atoms with E-state index >= 15 is 0 Å². The first-order valence-corrected chi connectivity index (χ1v) is 6.16. The Morgan fingerprint density at radius 3 is 2.78 bits per heavy atom. The van der Waals surface area contributed by atoms with E-state index in [1.165, 1.54) is 25.4 Å². The van der Waals surface area contributed by atoms with Crippen LogP contribution in [0.2, 0.25) is 0 Å². The maximum absolute atomic E-state index is 11.7. The van der Waals surface area contributed by atoms with Crippen molar-refractivity contribution in [2.45, 2.75) is 13.8 Å². The molecule has 0 amide bonds. The Kier molecular flexibility index (Phi) is 3.29. The van der Waals surface area contributed by atoms with E-state index in [2.05, 4.69) is 10.2 Å².